The van der Waals surface area contributed by atoms with Crippen molar-refractivity contribution in [3.8, 4) is 0 Å². The van der Waals surface area contributed by atoms with E-state index in [2.05, 4.69) is 9.88 Å². The van der Waals surface area contributed by atoms with Crippen LogP contribution in [-0.2, 0) is 15.6 Å². The van der Waals surface area contributed by atoms with Crippen LogP contribution in [-0.4, -0.2) is 56.6 Å². The first-order valence-electron chi connectivity index (χ1n) is 9.46. The smallest absolute Gasteiger partial charge is 0.289 e. The molecule has 1 aliphatic rings. The topological polar surface area (TPSA) is 83.7 Å². The van der Waals surface area contributed by atoms with Gasteiger partial charge in [0.1, 0.15) is 5.58 Å². The zero-order valence-electron chi connectivity index (χ0n) is 16.4. The van der Waals surface area contributed by atoms with Gasteiger partial charge in [0.2, 0.25) is 0 Å². The molecule has 1 fully saturated rings. The molecule has 0 radical (unpaired) electrons. The largest absolute Gasteiger partial charge is 0.451 e. The predicted molar refractivity (Wildman–Crippen MR) is 114 cm³/mol. The van der Waals surface area contributed by atoms with Crippen LogP contribution in [0.1, 0.15) is 28.2 Å². The summed E-state index contributed by atoms with van der Waals surface area (Å²) in [6.07, 6.45) is 1.98. The maximum atomic E-state index is 13.3. The minimum Gasteiger partial charge on any atom is -0.451 e. The van der Waals surface area contributed by atoms with Crippen LogP contribution in [0.2, 0.25) is 0 Å². The number of sulfone groups is 1. The Hall–Kier alpha value is -2.39. The van der Waals surface area contributed by atoms with Crippen molar-refractivity contribution in [1.29, 1.82) is 0 Å². The van der Waals surface area contributed by atoms with E-state index in [1.54, 1.807) is 28.4 Å². The first-order chi connectivity index (χ1) is 13.8. The van der Waals surface area contributed by atoms with Gasteiger partial charge in [-0.3, -0.25) is 4.79 Å². The maximum Gasteiger partial charge on any atom is 0.289 e. The van der Waals surface area contributed by atoms with Gasteiger partial charge in [0.25, 0.3) is 5.91 Å². The highest BCUT2D eigenvalue weighted by molar-refractivity contribution is 7.89. The second-order valence-corrected chi connectivity index (χ2v) is 10.4. The number of carbonyl (C=O) groups is 1. The predicted octanol–water partition coefficient (Wildman–Crippen LogP) is 3.09. The minimum atomic E-state index is -3.32. The number of furan rings is 1. The highest BCUT2D eigenvalue weighted by Crippen LogP contribution is 2.29. The summed E-state index contributed by atoms with van der Waals surface area (Å²) in [5.41, 5.74) is 1.98. The van der Waals surface area contributed by atoms with Crippen LogP contribution in [0.25, 0.3) is 11.0 Å². The average molecular weight is 434 g/mol. The third-order valence-electron chi connectivity index (χ3n) is 4.96. The van der Waals surface area contributed by atoms with Crippen LogP contribution in [0.3, 0.4) is 0 Å². The summed E-state index contributed by atoms with van der Waals surface area (Å²) in [7, 11) is -3.32. The Morgan fingerprint density at radius 3 is 2.72 bits per heavy atom. The molecule has 3 heterocycles. The Bertz CT molecular complexity index is 1150. The van der Waals surface area contributed by atoms with Gasteiger partial charge in [-0.25, -0.2) is 13.4 Å². The lowest BCUT2D eigenvalue weighted by Crippen LogP contribution is -2.35. The molecule has 0 aliphatic carbocycles. The normalized spacial score (nSPS) is 15.7. The molecular weight excluding hydrogens is 410 g/mol. The van der Waals surface area contributed by atoms with E-state index >= 15 is 0 Å². The summed E-state index contributed by atoms with van der Waals surface area (Å²) < 4.78 is 29.8. The molecule has 4 rings (SSSR count). The number of amides is 1. The number of thiazole rings is 1. The third-order valence-corrected chi connectivity index (χ3v) is 6.79. The van der Waals surface area contributed by atoms with Gasteiger partial charge in [-0.1, -0.05) is 18.2 Å². The summed E-state index contributed by atoms with van der Waals surface area (Å²) >= 11 is 1.61. The fourth-order valence-corrected chi connectivity index (χ4v) is 5.29. The highest BCUT2D eigenvalue weighted by atomic mass is 32.2. The molecule has 29 heavy (non-hydrogen) atoms. The van der Waals surface area contributed by atoms with E-state index in [-0.39, 0.29) is 17.4 Å². The van der Waals surface area contributed by atoms with Gasteiger partial charge in [-0.15, -0.1) is 11.3 Å². The second-order valence-electron chi connectivity index (χ2n) is 7.38. The second kappa shape index (κ2) is 7.79. The zero-order valence-corrected chi connectivity index (χ0v) is 18.1. The number of benzene rings is 1. The van der Waals surface area contributed by atoms with Gasteiger partial charge in [-0.05, 0) is 19.4 Å². The van der Waals surface area contributed by atoms with E-state index in [0.717, 1.165) is 23.8 Å². The van der Waals surface area contributed by atoms with Gasteiger partial charge >= 0.3 is 0 Å². The summed E-state index contributed by atoms with van der Waals surface area (Å²) in [6, 6.07) is 7.18. The molecule has 0 bridgehead atoms. The summed E-state index contributed by atoms with van der Waals surface area (Å²) in [4.78, 5) is 21.8. The fourth-order valence-electron chi connectivity index (χ4n) is 3.62. The minimum absolute atomic E-state index is 0.134. The summed E-state index contributed by atoms with van der Waals surface area (Å²) in [5.74, 6) is -0.337. The Morgan fingerprint density at radius 1 is 1.21 bits per heavy atom. The molecule has 2 aromatic heterocycles. The Balaban J connectivity index is 1.61. The first-order valence-corrected chi connectivity index (χ1v) is 12.4. The molecule has 1 aromatic carbocycles. The van der Waals surface area contributed by atoms with Crippen molar-refractivity contribution in [3.63, 3.8) is 0 Å². The molecule has 0 unspecified atom stereocenters. The molecule has 0 N–H and O–H groups in total. The van der Waals surface area contributed by atoms with Crippen LogP contribution in [0.5, 0.6) is 0 Å². The van der Waals surface area contributed by atoms with Gasteiger partial charge in [0.15, 0.2) is 20.7 Å². The molecule has 0 saturated carbocycles. The van der Waals surface area contributed by atoms with E-state index in [0.29, 0.717) is 36.2 Å². The lowest BCUT2D eigenvalue weighted by molar-refractivity contribution is 0.0736. The van der Waals surface area contributed by atoms with E-state index in [1.807, 2.05) is 24.4 Å². The molecule has 1 saturated heterocycles. The van der Waals surface area contributed by atoms with E-state index in [9.17, 15) is 13.2 Å². The SMILES string of the molecule is Cc1csc(N2CCCN(C(=O)c3oc4ccccc4c3CS(C)(=O)=O)CC2)n1. The van der Waals surface area contributed by atoms with Crippen LogP contribution in [0, 0.1) is 6.92 Å². The number of nitrogens with zero attached hydrogens (tertiary/aromatic N) is 3. The van der Waals surface area contributed by atoms with Gasteiger partial charge < -0.3 is 14.2 Å². The highest BCUT2D eigenvalue weighted by Gasteiger charge is 2.28. The Labute approximate surface area is 173 Å². The molecule has 0 atom stereocenters. The zero-order chi connectivity index (χ0) is 20.6. The first kappa shape index (κ1) is 19.9. The van der Waals surface area contributed by atoms with Crippen molar-refractivity contribution in [2.45, 2.75) is 19.1 Å². The number of hydrogen-bond donors (Lipinski definition) is 0. The fraction of sp³-hybridized carbons (Fsp3) is 0.400. The van der Waals surface area contributed by atoms with E-state index in [4.69, 9.17) is 4.42 Å². The Morgan fingerprint density at radius 2 is 2.00 bits per heavy atom. The molecule has 3 aromatic rings. The van der Waals surface area contributed by atoms with Crippen molar-refractivity contribution in [2.75, 3.05) is 37.3 Å². The summed E-state index contributed by atoms with van der Waals surface area (Å²) in [5, 5.41) is 3.67. The monoisotopic (exact) mass is 433 g/mol. The number of anilines is 1. The van der Waals surface area contributed by atoms with Crippen LogP contribution in [0.4, 0.5) is 5.13 Å². The van der Waals surface area contributed by atoms with Crippen LogP contribution < -0.4 is 4.90 Å². The van der Waals surface area contributed by atoms with Crippen molar-refractivity contribution >= 4 is 43.2 Å². The number of hydrogen-bond acceptors (Lipinski definition) is 7. The van der Waals surface area contributed by atoms with Gasteiger partial charge in [0, 0.05) is 48.8 Å². The Kier molecular flexibility index (Phi) is 5.35. The van der Waals surface area contributed by atoms with Crippen molar-refractivity contribution in [1.82, 2.24) is 9.88 Å². The molecule has 154 valence electrons. The quantitative estimate of drug-likeness (QED) is 0.629. The maximum absolute atomic E-state index is 13.3. The molecule has 7 nitrogen and oxygen atoms in total. The number of fused-ring (bicyclic) bond motifs is 1. The molecule has 9 heteroatoms. The van der Waals surface area contributed by atoms with Gasteiger partial charge in [0.05, 0.1) is 11.4 Å². The van der Waals surface area contributed by atoms with Crippen molar-refractivity contribution < 1.29 is 17.6 Å². The molecular formula is C20H23N3O4S2. The number of carbonyl (C=O) groups excluding carboxylic acids is 1. The molecule has 0 spiro atoms. The lowest BCUT2D eigenvalue weighted by Gasteiger charge is -2.21. The average Bonchev–Trinajstić information content (AvgIpc) is 3.15. The van der Waals surface area contributed by atoms with Gasteiger partial charge in [-0.2, -0.15) is 0 Å². The number of para-hydroxylation sites is 1. The van der Waals surface area contributed by atoms with E-state index in [1.165, 1.54) is 6.26 Å². The van der Waals surface area contributed by atoms with Crippen LogP contribution in [0.15, 0.2) is 34.1 Å². The van der Waals surface area contributed by atoms with Crippen LogP contribution >= 0.6 is 11.3 Å². The molecule has 1 aliphatic heterocycles. The van der Waals surface area contributed by atoms with Crippen molar-refractivity contribution in [2.24, 2.45) is 0 Å². The number of aromatic nitrogens is 1. The molecule has 1 amide bonds. The number of aryl methyl sites for hydroxylation is 1. The summed E-state index contributed by atoms with van der Waals surface area (Å²) in [6.45, 7) is 4.60. The lowest BCUT2D eigenvalue weighted by atomic mass is 10.1. The number of rotatable bonds is 4. The third kappa shape index (κ3) is 4.30. The standard InChI is InChI=1S/C20H23N3O4S2/c1-14-12-28-20(21-14)23-9-5-8-22(10-11-23)19(24)18-16(13-29(2,25)26)15-6-3-4-7-17(15)27-18/h3-4,6-7,12H,5,8-11,13H2,1-2H3. The van der Waals surface area contributed by atoms with Crippen molar-refractivity contribution in [3.05, 3.63) is 46.7 Å². The van der Waals surface area contributed by atoms with E-state index < -0.39 is 9.84 Å².